The van der Waals surface area contributed by atoms with E-state index >= 15 is 0 Å². The maximum absolute atomic E-state index is 14.4. The van der Waals surface area contributed by atoms with E-state index < -0.39 is 35.3 Å². The Hall–Kier alpha value is -2.11. The molecule has 1 spiro atoms. The van der Waals surface area contributed by atoms with Crippen molar-refractivity contribution in [2.24, 2.45) is 0 Å². The summed E-state index contributed by atoms with van der Waals surface area (Å²) in [4.78, 5) is 25.5. The number of halogens is 5. The van der Waals surface area contributed by atoms with Crippen LogP contribution < -0.4 is 10.1 Å². The highest BCUT2D eigenvalue weighted by Gasteiger charge is 2.49. The number of likely N-dealkylation sites (tertiary alicyclic amines) is 1. The van der Waals surface area contributed by atoms with Crippen LogP contribution in [0.15, 0.2) is 12.1 Å². The molecule has 1 aromatic heterocycles. The zero-order valence-electron chi connectivity index (χ0n) is 13.9. The van der Waals surface area contributed by atoms with E-state index in [9.17, 15) is 27.2 Å². The predicted molar refractivity (Wildman–Crippen MR) is 91.5 cm³/mol. The molecule has 2 fully saturated rings. The van der Waals surface area contributed by atoms with Crippen molar-refractivity contribution in [2.75, 3.05) is 26.2 Å². The van der Waals surface area contributed by atoms with Gasteiger partial charge in [0, 0.05) is 18.5 Å². The molecule has 1 aromatic carbocycles. The zero-order chi connectivity index (χ0) is 20.3. The molecule has 0 radical (unpaired) electrons. The fourth-order valence-corrected chi connectivity index (χ4v) is 4.81. The van der Waals surface area contributed by atoms with E-state index in [1.807, 2.05) is 0 Å². The van der Waals surface area contributed by atoms with E-state index in [1.54, 1.807) is 4.90 Å². The summed E-state index contributed by atoms with van der Waals surface area (Å²) in [5.74, 6) is -2.61. The minimum absolute atomic E-state index is 0.0183. The average molecular weight is 439 g/mol. The molecule has 2 aromatic rings. The summed E-state index contributed by atoms with van der Waals surface area (Å²) in [7, 11) is 0. The maximum Gasteiger partial charge on any atom is 0.573 e. The Balaban J connectivity index is 1.52. The first-order valence-electron chi connectivity index (χ1n) is 7.94. The van der Waals surface area contributed by atoms with Crippen LogP contribution in [0.25, 0.3) is 10.1 Å². The van der Waals surface area contributed by atoms with Crippen molar-refractivity contribution in [2.45, 2.75) is 11.9 Å². The van der Waals surface area contributed by atoms with Gasteiger partial charge in [0.05, 0.1) is 21.1 Å². The Labute approximate surface area is 163 Å². The highest BCUT2D eigenvalue weighted by Crippen LogP contribution is 2.41. The number of rotatable bonds is 4. The van der Waals surface area contributed by atoms with Crippen molar-refractivity contribution < 1.29 is 36.6 Å². The zero-order valence-corrected chi connectivity index (χ0v) is 15.4. The van der Waals surface area contributed by atoms with Crippen molar-refractivity contribution >= 4 is 44.9 Å². The van der Waals surface area contributed by atoms with Crippen molar-refractivity contribution in [3.05, 3.63) is 27.8 Å². The van der Waals surface area contributed by atoms with E-state index in [1.165, 1.54) is 6.07 Å². The molecule has 0 bridgehead atoms. The summed E-state index contributed by atoms with van der Waals surface area (Å²) in [5, 5.41) is 2.80. The summed E-state index contributed by atoms with van der Waals surface area (Å²) >= 11 is 6.83. The van der Waals surface area contributed by atoms with Gasteiger partial charge in [-0.15, -0.1) is 24.5 Å². The third-order valence-electron chi connectivity index (χ3n) is 4.45. The van der Waals surface area contributed by atoms with Gasteiger partial charge in [0.15, 0.2) is 17.3 Å². The summed E-state index contributed by atoms with van der Waals surface area (Å²) in [5.41, 5.74) is -0.503. The third kappa shape index (κ3) is 3.38. The van der Waals surface area contributed by atoms with Crippen LogP contribution in [0.5, 0.6) is 5.75 Å². The second-order valence-corrected chi connectivity index (χ2v) is 8.00. The Kier molecular flexibility index (Phi) is 4.43. The summed E-state index contributed by atoms with van der Waals surface area (Å²) in [6.07, 6.45) is -5.55. The van der Waals surface area contributed by atoms with E-state index in [4.69, 9.17) is 16.3 Å². The molecule has 0 saturated carbocycles. The number of cyclic esters (lactones) is 1. The lowest BCUT2D eigenvalue weighted by Gasteiger charge is -2.45. The Morgan fingerprint density at radius 3 is 2.71 bits per heavy atom. The van der Waals surface area contributed by atoms with Crippen LogP contribution in [0, 0.1) is 5.82 Å². The number of carbonyl (C=O) groups excluding carboxylic acids is 2. The van der Waals surface area contributed by atoms with Crippen molar-refractivity contribution in [3.63, 3.8) is 0 Å². The first kappa shape index (κ1) is 19.2. The molecule has 1 N–H and O–H groups in total. The number of ether oxygens (including phenoxy) is 2. The molecule has 0 aliphatic carbocycles. The SMILES string of the molecule is O=C1NC2(CO1)CN(CC(=O)c1sc3c(F)c(OC(F)(F)F)ccc3c1Cl)C2. The normalized spacial score (nSPS) is 18.8. The number of nitrogens with zero attached hydrogens (tertiary/aromatic N) is 1. The van der Waals surface area contributed by atoms with Crippen LogP contribution in [0.4, 0.5) is 22.4 Å². The number of benzene rings is 1. The molecule has 0 atom stereocenters. The Morgan fingerprint density at radius 1 is 1.39 bits per heavy atom. The van der Waals surface area contributed by atoms with Gasteiger partial charge in [0.25, 0.3) is 0 Å². The molecule has 1 amide bonds. The van der Waals surface area contributed by atoms with E-state index in [2.05, 4.69) is 10.1 Å². The van der Waals surface area contributed by atoms with Gasteiger partial charge in [-0.2, -0.15) is 0 Å². The standard InChI is InChI=1S/C16H11ClF4N2O4S/c17-10-7-1-2-9(27-16(19,20)21)11(18)12(7)28-13(10)8(24)3-23-4-15(5-23)6-26-14(25)22-15/h1-2H,3-6H2,(H,22,25). The number of alkyl halides is 3. The molecule has 28 heavy (non-hydrogen) atoms. The molecule has 6 nitrogen and oxygen atoms in total. The molecule has 2 saturated heterocycles. The van der Waals surface area contributed by atoms with Crippen LogP contribution in [0.2, 0.25) is 5.02 Å². The van der Waals surface area contributed by atoms with Gasteiger partial charge in [-0.05, 0) is 12.1 Å². The minimum Gasteiger partial charge on any atom is -0.447 e. The predicted octanol–water partition coefficient (Wildman–Crippen LogP) is 3.57. The molecular weight excluding hydrogens is 428 g/mol. The molecule has 0 unspecified atom stereocenters. The number of Topliss-reactive ketones (excluding diaryl/α,β-unsaturated/α-hetero) is 1. The summed E-state index contributed by atoms with van der Waals surface area (Å²) < 4.78 is 59.8. The van der Waals surface area contributed by atoms with E-state index in [-0.39, 0.29) is 33.1 Å². The molecule has 2 aliphatic heterocycles. The summed E-state index contributed by atoms with van der Waals surface area (Å²) in [6.45, 7) is 1.00. The average Bonchev–Trinajstić information content (AvgIpc) is 3.10. The molecule has 150 valence electrons. The van der Waals surface area contributed by atoms with Gasteiger partial charge >= 0.3 is 12.5 Å². The second kappa shape index (κ2) is 6.46. The van der Waals surface area contributed by atoms with Crippen molar-refractivity contribution in [3.8, 4) is 5.75 Å². The highest BCUT2D eigenvalue weighted by molar-refractivity contribution is 7.21. The van der Waals surface area contributed by atoms with Gasteiger partial charge in [0.2, 0.25) is 0 Å². The van der Waals surface area contributed by atoms with Gasteiger partial charge < -0.3 is 14.8 Å². The minimum atomic E-state index is -5.04. The number of hydrogen-bond donors (Lipinski definition) is 1. The number of hydrogen-bond acceptors (Lipinski definition) is 6. The van der Waals surface area contributed by atoms with Crippen LogP contribution in [0.1, 0.15) is 9.67 Å². The Morgan fingerprint density at radius 2 is 2.11 bits per heavy atom. The maximum atomic E-state index is 14.4. The molecular formula is C16H11ClF4N2O4S. The number of fused-ring (bicyclic) bond motifs is 1. The fraction of sp³-hybridized carbons (Fsp3) is 0.375. The third-order valence-corrected chi connectivity index (χ3v) is 6.19. The van der Waals surface area contributed by atoms with Crippen molar-refractivity contribution in [1.29, 1.82) is 0 Å². The number of ketones is 1. The number of nitrogens with one attached hydrogen (secondary N) is 1. The lowest BCUT2D eigenvalue weighted by Crippen LogP contribution is -2.69. The quantitative estimate of drug-likeness (QED) is 0.584. The molecule has 2 aliphatic rings. The van der Waals surface area contributed by atoms with Gasteiger partial charge in [-0.3, -0.25) is 9.69 Å². The number of alkyl carbamates (subject to hydrolysis) is 1. The van der Waals surface area contributed by atoms with Crippen LogP contribution >= 0.6 is 22.9 Å². The number of carbonyl (C=O) groups is 2. The molecule has 4 rings (SSSR count). The van der Waals surface area contributed by atoms with E-state index in [0.717, 1.165) is 6.07 Å². The lowest BCUT2D eigenvalue weighted by molar-refractivity contribution is -0.275. The van der Waals surface area contributed by atoms with Gasteiger partial charge in [0.1, 0.15) is 12.1 Å². The Bertz CT molecular complexity index is 987. The summed E-state index contributed by atoms with van der Waals surface area (Å²) in [6, 6.07) is 2.00. The first-order valence-corrected chi connectivity index (χ1v) is 9.13. The largest absolute Gasteiger partial charge is 0.573 e. The van der Waals surface area contributed by atoms with Gasteiger partial charge in [-0.25, -0.2) is 9.18 Å². The van der Waals surface area contributed by atoms with Gasteiger partial charge in [-0.1, -0.05) is 11.6 Å². The second-order valence-electron chi connectivity index (χ2n) is 6.60. The van der Waals surface area contributed by atoms with Crippen LogP contribution in [0.3, 0.4) is 0 Å². The number of amides is 1. The van der Waals surface area contributed by atoms with Crippen LogP contribution in [-0.4, -0.2) is 54.9 Å². The van der Waals surface area contributed by atoms with Crippen molar-refractivity contribution in [1.82, 2.24) is 10.2 Å². The molecule has 12 heteroatoms. The highest BCUT2D eigenvalue weighted by atomic mass is 35.5. The molecule has 3 heterocycles. The van der Waals surface area contributed by atoms with E-state index in [0.29, 0.717) is 24.4 Å². The lowest BCUT2D eigenvalue weighted by atomic mass is 9.91. The monoisotopic (exact) mass is 438 g/mol. The van der Waals surface area contributed by atoms with Crippen LogP contribution in [-0.2, 0) is 4.74 Å². The topological polar surface area (TPSA) is 67.9 Å². The smallest absolute Gasteiger partial charge is 0.447 e. The number of thiophene rings is 1. The fourth-order valence-electron chi connectivity index (χ4n) is 3.32. The first-order chi connectivity index (χ1) is 13.1.